The van der Waals surface area contributed by atoms with Gasteiger partial charge < -0.3 is 4.74 Å². The average molecular weight is 203 g/mol. The summed E-state index contributed by atoms with van der Waals surface area (Å²) in [6, 6.07) is 7.61. The number of hydrogen-bond acceptors (Lipinski definition) is 2. The third kappa shape index (κ3) is 3.48. The van der Waals surface area contributed by atoms with Crippen molar-refractivity contribution >= 4 is 24.2 Å². The molecule has 0 bridgehead atoms. The summed E-state index contributed by atoms with van der Waals surface area (Å²) in [5.74, 6) is 0. The fourth-order valence-electron chi connectivity index (χ4n) is 0.844. The Labute approximate surface area is 83.1 Å². The second-order valence-corrected chi connectivity index (χ2v) is 3.70. The Hall–Kier alpha value is -0.180. The van der Waals surface area contributed by atoms with Crippen LogP contribution in [-0.2, 0) is 11.3 Å². The van der Waals surface area contributed by atoms with Crippen molar-refractivity contribution in [2.24, 2.45) is 0 Å². The van der Waals surface area contributed by atoms with Crippen LogP contribution in [0.3, 0.4) is 0 Å². The van der Waals surface area contributed by atoms with Crippen molar-refractivity contribution in [2.75, 3.05) is 0 Å². The zero-order chi connectivity index (χ0) is 8.97. The molecule has 0 saturated carbocycles. The van der Waals surface area contributed by atoms with E-state index in [0.717, 1.165) is 10.6 Å². The predicted octanol–water partition coefficient (Wildman–Crippen LogP) is 3.13. The molecule has 12 heavy (non-hydrogen) atoms. The summed E-state index contributed by atoms with van der Waals surface area (Å²) in [6.07, 6.45) is 0. The first-order valence-corrected chi connectivity index (χ1v) is 4.62. The molecule has 0 unspecified atom stereocenters. The topological polar surface area (TPSA) is 9.23 Å². The summed E-state index contributed by atoms with van der Waals surface area (Å²) >= 11 is 9.88. The molecule has 1 nitrogen and oxygen atoms in total. The quantitative estimate of drug-likeness (QED) is 0.586. The lowest BCUT2D eigenvalue weighted by Gasteiger charge is -2.06. The minimum Gasteiger partial charge on any atom is -0.363 e. The zero-order valence-electron chi connectivity index (χ0n) is 6.83. The lowest BCUT2D eigenvalue weighted by molar-refractivity contribution is 0.112. The van der Waals surface area contributed by atoms with Crippen molar-refractivity contribution in [3.05, 3.63) is 34.9 Å². The SMILES string of the molecule is C[C@H](S)OCc1cccc(Cl)c1. The van der Waals surface area contributed by atoms with Gasteiger partial charge in [-0.1, -0.05) is 23.7 Å². The summed E-state index contributed by atoms with van der Waals surface area (Å²) in [6.45, 7) is 2.44. The van der Waals surface area contributed by atoms with Crippen molar-refractivity contribution in [3.63, 3.8) is 0 Å². The molecular formula is C9H11ClOS. The van der Waals surface area contributed by atoms with Crippen LogP contribution in [-0.4, -0.2) is 5.44 Å². The van der Waals surface area contributed by atoms with E-state index in [4.69, 9.17) is 16.3 Å². The molecule has 0 saturated heterocycles. The van der Waals surface area contributed by atoms with Crippen LogP contribution in [0.1, 0.15) is 12.5 Å². The van der Waals surface area contributed by atoms with Crippen molar-refractivity contribution < 1.29 is 4.74 Å². The maximum Gasteiger partial charge on any atom is 0.0975 e. The van der Waals surface area contributed by atoms with Crippen LogP contribution in [0.25, 0.3) is 0 Å². The summed E-state index contributed by atoms with van der Waals surface area (Å²) in [5, 5.41) is 0.739. The maximum absolute atomic E-state index is 5.79. The van der Waals surface area contributed by atoms with Crippen LogP contribution >= 0.6 is 24.2 Å². The number of benzene rings is 1. The molecule has 1 atom stereocenters. The van der Waals surface area contributed by atoms with E-state index in [2.05, 4.69) is 12.6 Å². The fraction of sp³-hybridized carbons (Fsp3) is 0.333. The molecule has 0 spiro atoms. The molecule has 0 aromatic heterocycles. The number of thiol groups is 1. The van der Waals surface area contributed by atoms with Gasteiger partial charge in [-0.15, -0.1) is 12.6 Å². The highest BCUT2D eigenvalue weighted by atomic mass is 35.5. The number of ether oxygens (including phenoxy) is 1. The van der Waals surface area contributed by atoms with E-state index in [0.29, 0.717) is 6.61 Å². The molecular weight excluding hydrogens is 192 g/mol. The van der Waals surface area contributed by atoms with Gasteiger partial charge in [0.25, 0.3) is 0 Å². The normalized spacial score (nSPS) is 12.9. The minimum absolute atomic E-state index is 0.0380. The van der Waals surface area contributed by atoms with Gasteiger partial charge in [0.2, 0.25) is 0 Å². The standard InChI is InChI=1S/C9H11ClOS/c1-7(12)11-6-8-3-2-4-9(10)5-8/h2-5,7,12H,6H2,1H3/t7-/m0/s1. The van der Waals surface area contributed by atoms with Crippen molar-refractivity contribution in [1.82, 2.24) is 0 Å². The van der Waals surface area contributed by atoms with Gasteiger partial charge >= 0.3 is 0 Å². The van der Waals surface area contributed by atoms with Crippen LogP contribution in [0, 0.1) is 0 Å². The van der Waals surface area contributed by atoms with Crippen LogP contribution in [0.15, 0.2) is 24.3 Å². The van der Waals surface area contributed by atoms with Crippen LogP contribution in [0.4, 0.5) is 0 Å². The molecule has 1 aromatic rings. The first kappa shape index (κ1) is 9.90. The van der Waals surface area contributed by atoms with Gasteiger partial charge in [0.05, 0.1) is 12.0 Å². The average Bonchev–Trinajstić information content (AvgIpc) is 2.01. The van der Waals surface area contributed by atoms with Crippen LogP contribution in [0.5, 0.6) is 0 Å². The van der Waals surface area contributed by atoms with E-state index >= 15 is 0 Å². The van der Waals surface area contributed by atoms with Crippen molar-refractivity contribution in [2.45, 2.75) is 19.0 Å². The Morgan fingerprint density at radius 3 is 2.92 bits per heavy atom. The first-order valence-electron chi connectivity index (χ1n) is 3.72. The van der Waals surface area contributed by atoms with Crippen LogP contribution < -0.4 is 0 Å². The van der Waals surface area contributed by atoms with E-state index < -0.39 is 0 Å². The molecule has 0 aliphatic rings. The fourth-order valence-corrected chi connectivity index (χ4v) is 1.13. The van der Waals surface area contributed by atoms with Gasteiger partial charge in [-0.25, -0.2) is 0 Å². The predicted molar refractivity (Wildman–Crippen MR) is 54.7 cm³/mol. The molecule has 0 aliphatic carbocycles. The molecule has 1 aromatic carbocycles. The second kappa shape index (κ2) is 4.75. The van der Waals surface area contributed by atoms with E-state index in [9.17, 15) is 0 Å². The Bertz CT molecular complexity index is 250. The van der Waals surface area contributed by atoms with Crippen LogP contribution in [0.2, 0.25) is 5.02 Å². The molecule has 3 heteroatoms. The van der Waals surface area contributed by atoms with E-state index in [1.54, 1.807) is 0 Å². The smallest absolute Gasteiger partial charge is 0.0975 e. The van der Waals surface area contributed by atoms with E-state index in [-0.39, 0.29) is 5.44 Å². The summed E-state index contributed by atoms with van der Waals surface area (Å²) in [5.41, 5.74) is 1.03. The molecule has 0 aliphatic heterocycles. The van der Waals surface area contributed by atoms with E-state index in [1.807, 2.05) is 31.2 Å². The Morgan fingerprint density at radius 1 is 1.58 bits per heavy atom. The lowest BCUT2D eigenvalue weighted by Crippen LogP contribution is -1.99. The number of hydrogen-bond donors (Lipinski definition) is 1. The first-order chi connectivity index (χ1) is 5.68. The molecule has 0 amide bonds. The summed E-state index contributed by atoms with van der Waals surface area (Å²) < 4.78 is 5.29. The van der Waals surface area contributed by atoms with Crippen molar-refractivity contribution in [3.8, 4) is 0 Å². The minimum atomic E-state index is -0.0380. The zero-order valence-corrected chi connectivity index (χ0v) is 8.48. The maximum atomic E-state index is 5.79. The van der Waals surface area contributed by atoms with Gasteiger partial charge in [0, 0.05) is 5.02 Å². The molecule has 0 N–H and O–H groups in total. The third-order valence-corrected chi connectivity index (χ3v) is 1.76. The molecule has 1 rings (SSSR count). The van der Waals surface area contributed by atoms with Crippen molar-refractivity contribution in [1.29, 1.82) is 0 Å². The second-order valence-electron chi connectivity index (χ2n) is 2.54. The van der Waals surface area contributed by atoms with Gasteiger partial charge in [-0.3, -0.25) is 0 Å². The Morgan fingerprint density at radius 2 is 2.33 bits per heavy atom. The number of rotatable bonds is 3. The van der Waals surface area contributed by atoms with Gasteiger partial charge in [-0.2, -0.15) is 0 Å². The lowest BCUT2D eigenvalue weighted by atomic mass is 10.2. The highest BCUT2D eigenvalue weighted by Gasteiger charge is 1.96. The highest BCUT2D eigenvalue weighted by Crippen LogP contribution is 2.12. The van der Waals surface area contributed by atoms with Gasteiger partial charge in [-0.05, 0) is 24.6 Å². The molecule has 66 valence electrons. The monoisotopic (exact) mass is 202 g/mol. The Balaban J connectivity index is 2.52. The van der Waals surface area contributed by atoms with Gasteiger partial charge in [0.15, 0.2) is 0 Å². The third-order valence-electron chi connectivity index (χ3n) is 1.38. The summed E-state index contributed by atoms with van der Waals surface area (Å²) in [4.78, 5) is 0. The highest BCUT2D eigenvalue weighted by molar-refractivity contribution is 7.80. The largest absolute Gasteiger partial charge is 0.363 e. The molecule has 0 fully saturated rings. The molecule has 0 radical (unpaired) electrons. The number of halogens is 1. The van der Waals surface area contributed by atoms with E-state index in [1.165, 1.54) is 0 Å². The van der Waals surface area contributed by atoms with Gasteiger partial charge in [0.1, 0.15) is 0 Å². The molecule has 0 heterocycles. The Kier molecular flexibility index (Phi) is 3.92. The summed E-state index contributed by atoms with van der Waals surface area (Å²) in [7, 11) is 0.